The van der Waals surface area contributed by atoms with Crippen LogP contribution in [0.25, 0.3) is 0 Å². The molecular formula is C22H30N2. The minimum Gasteiger partial charge on any atom is -0.378 e. The topological polar surface area (TPSA) is 24.1 Å². The van der Waals surface area contributed by atoms with Gasteiger partial charge in [-0.15, -0.1) is 0 Å². The summed E-state index contributed by atoms with van der Waals surface area (Å²) in [6.07, 6.45) is 3.46. The Bertz CT molecular complexity index is 648. The number of nitrogens with one attached hydrogen (secondary N) is 2. The first-order chi connectivity index (χ1) is 11.7. The summed E-state index contributed by atoms with van der Waals surface area (Å²) in [6, 6.07) is 18.8. The van der Waals surface area contributed by atoms with Crippen molar-refractivity contribution in [2.45, 2.75) is 52.1 Å². The largest absolute Gasteiger partial charge is 0.378 e. The molecule has 0 amide bonds. The summed E-state index contributed by atoms with van der Waals surface area (Å²) in [5.41, 5.74) is 5.63. The molecule has 0 spiro atoms. The highest BCUT2D eigenvalue weighted by Crippen LogP contribution is 2.38. The van der Waals surface area contributed by atoms with Crippen LogP contribution in [-0.4, -0.2) is 12.6 Å². The van der Waals surface area contributed by atoms with Gasteiger partial charge >= 0.3 is 0 Å². The molecule has 1 aliphatic heterocycles. The zero-order chi connectivity index (χ0) is 16.9. The third-order valence-corrected chi connectivity index (χ3v) is 5.07. The van der Waals surface area contributed by atoms with E-state index in [-0.39, 0.29) is 0 Å². The number of benzene rings is 2. The number of hydrogen-bond donors (Lipinski definition) is 2. The first-order valence-electron chi connectivity index (χ1n) is 9.34. The van der Waals surface area contributed by atoms with Gasteiger partial charge in [0, 0.05) is 11.7 Å². The second-order valence-electron chi connectivity index (χ2n) is 7.24. The van der Waals surface area contributed by atoms with Gasteiger partial charge in [0.05, 0.1) is 6.04 Å². The maximum atomic E-state index is 3.83. The Labute approximate surface area is 146 Å². The summed E-state index contributed by atoms with van der Waals surface area (Å²) in [7, 11) is 0. The van der Waals surface area contributed by atoms with Crippen molar-refractivity contribution < 1.29 is 0 Å². The molecule has 0 saturated heterocycles. The van der Waals surface area contributed by atoms with Gasteiger partial charge < -0.3 is 10.6 Å². The first-order valence-corrected chi connectivity index (χ1v) is 9.34. The fourth-order valence-electron chi connectivity index (χ4n) is 3.70. The molecule has 2 aromatic rings. The maximum absolute atomic E-state index is 3.83. The lowest BCUT2D eigenvalue weighted by Gasteiger charge is -2.36. The van der Waals surface area contributed by atoms with E-state index in [2.05, 4.69) is 79.9 Å². The minimum atomic E-state index is 0.403. The van der Waals surface area contributed by atoms with E-state index in [1.165, 1.54) is 28.8 Å². The molecule has 128 valence electrons. The second kappa shape index (κ2) is 7.85. The summed E-state index contributed by atoms with van der Waals surface area (Å²) in [4.78, 5) is 0. The summed E-state index contributed by atoms with van der Waals surface area (Å²) >= 11 is 0. The molecule has 0 aromatic heterocycles. The molecule has 2 heteroatoms. The van der Waals surface area contributed by atoms with Gasteiger partial charge in [0.2, 0.25) is 0 Å². The van der Waals surface area contributed by atoms with Gasteiger partial charge in [0.25, 0.3) is 0 Å². The number of rotatable bonds is 6. The van der Waals surface area contributed by atoms with E-state index in [1.807, 2.05) is 0 Å². The van der Waals surface area contributed by atoms with Crippen molar-refractivity contribution in [3.05, 3.63) is 65.2 Å². The average Bonchev–Trinajstić information content (AvgIpc) is 2.61. The van der Waals surface area contributed by atoms with E-state index in [9.17, 15) is 0 Å². The number of anilines is 1. The molecule has 0 radical (unpaired) electrons. The molecule has 1 aliphatic rings. The molecular weight excluding hydrogens is 292 g/mol. The smallest absolute Gasteiger partial charge is 0.0545 e. The molecule has 24 heavy (non-hydrogen) atoms. The van der Waals surface area contributed by atoms with Gasteiger partial charge in [-0.3, -0.25) is 0 Å². The Morgan fingerprint density at radius 1 is 1.12 bits per heavy atom. The highest BCUT2D eigenvalue weighted by atomic mass is 15.0. The number of aryl methyl sites for hydroxylation is 1. The van der Waals surface area contributed by atoms with Crippen LogP contribution in [0.3, 0.4) is 0 Å². The molecule has 2 unspecified atom stereocenters. The normalized spacial score (nSPS) is 19.8. The van der Waals surface area contributed by atoms with Crippen LogP contribution < -0.4 is 10.6 Å². The van der Waals surface area contributed by atoms with Crippen molar-refractivity contribution in [1.82, 2.24) is 5.32 Å². The molecule has 0 aliphatic carbocycles. The van der Waals surface area contributed by atoms with Crippen molar-refractivity contribution in [2.75, 3.05) is 11.9 Å². The predicted octanol–water partition coefficient (Wildman–Crippen LogP) is 4.96. The molecule has 0 fully saturated rings. The fraction of sp³-hybridized carbons (Fsp3) is 0.455. The van der Waals surface area contributed by atoms with E-state index < -0.39 is 0 Å². The molecule has 0 bridgehead atoms. The van der Waals surface area contributed by atoms with E-state index in [4.69, 9.17) is 0 Å². The van der Waals surface area contributed by atoms with Crippen LogP contribution in [0.4, 0.5) is 5.69 Å². The van der Waals surface area contributed by atoms with Gasteiger partial charge in [-0.05, 0) is 54.5 Å². The monoisotopic (exact) mass is 322 g/mol. The molecule has 2 aromatic carbocycles. The van der Waals surface area contributed by atoms with E-state index in [1.54, 1.807) is 0 Å². The average molecular weight is 322 g/mol. The van der Waals surface area contributed by atoms with Crippen molar-refractivity contribution >= 4 is 5.69 Å². The Morgan fingerprint density at radius 3 is 2.62 bits per heavy atom. The summed E-state index contributed by atoms with van der Waals surface area (Å²) < 4.78 is 0. The van der Waals surface area contributed by atoms with Gasteiger partial charge in [-0.1, -0.05) is 63.2 Å². The Kier molecular flexibility index (Phi) is 5.57. The van der Waals surface area contributed by atoms with Crippen LogP contribution in [0.15, 0.2) is 48.5 Å². The molecule has 2 atom stereocenters. The quantitative estimate of drug-likeness (QED) is 0.785. The third kappa shape index (κ3) is 3.99. The lowest BCUT2D eigenvalue weighted by molar-refractivity contribution is 0.389. The highest BCUT2D eigenvalue weighted by Gasteiger charge is 2.28. The van der Waals surface area contributed by atoms with Gasteiger partial charge in [-0.25, -0.2) is 0 Å². The molecule has 3 rings (SSSR count). The van der Waals surface area contributed by atoms with Crippen LogP contribution in [0.1, 0.15) is 49.9 Å². The number of fused-ring (bicyclic) bond motifs is 1. The second-order valence-corrected chi connectivity index (χ2v) is 7.24. The van der Waals surface area contributed by atoms with Crippen LogP contribution >= 0.6 is 0 Å². The van der Waals surface area contributed by atoms with E-state index in [0.717, 1.165) is 19.4 Å². The molecule has 2 nitrogen and oxygen atoms in total. The van der Waals surface area contributed by atoms with Crippen LogP contribution in [0.5, 0.6) is 0 Å². The Hall–Kier alpha value is -1.80. The van der Waals surface area contributed by atoms with Gasteiger partial charge in [-0.2, -0.15) is 0 Å². The van der Waals surface area contributed by atoms with E-state index in [0.29, 0.717) is 18.0 Å². The fourth-order valence-corrected chi connectivity index (χ4v) is 3.70. The highest BCUT2D eigenvalue weighted by molar-refractivity contribution is 5.57. The van der Waals surface area contributed by atoms with E-state index >= 15 is 0 Å². The number of hydrogen-bond acceptors (Lipinski definition) is 2. The minimum absolute atomic E-state index is 0.403. The van der Waals surface area contributed by atoms with Crippen LogP contribution in [-0.2, 0) is 12.8 Å². The first kappa shape index (κ1) is 17.0. The lowest BCUT2D eigenvalue weighted by Crippen LogP contribution is -2.32. The Balaban J connectivity index is 1.83. The molecule has 2 N–H and O–H groups in total. The van der Waals surface area contributed by atoms with Crippen molar-refractivity contribution in [2.24, 2.45) is 5.92 Å². The van der Waals surface area contributed by atoms with Crippen LogP contribution in [0.2, 0.25) is 0 Å². The lowest BCUT2D eigenvalue weighted by atomic mass is 9.81. The van der Waals surface area contributed by atoms with Gasteiger partial charge in [0.1, 0.15) is 0 Å². The van der Waals surface area contributed by atoms with Gasteiger partial charge in [0.15, 0.2) is 0 Å². The summed E-state index contributed by atoms with van der Waals surface area (Å²) in [6.45, 7) is 7.75. The third-order valence-electron chi connectivity index (χ3n) is 5.07. The predicted molar refractivity (Wildman–Crippen MR) is 104 cm³/mol. The van der Waals surface area contributed by atoms with Crippen molar-refractivity contribution in [1.29, 1.82) is 0 Å². The standard InChI is InChI=1S/C22H30N2/c1-4-17-10-11-21-20(14-17)15-19(12-13-23-16(2)3)22(24-21)18-8-6-5-7-9-18/h5-11,14,16,19,22-24H,4,12-13,15H2,1-3H3. The van der Waals surface area contributed by atoms with Crippen molar-refractivity contribution in [3.63, 3.8) is 0 Å². The Morgan fingerprint density at radius 2 is 1.92 bits per heavy atom. The molecule has 1 heterocycles. The molecule has 0 saturated carbocycles. The SMILES string of the molecule is CCc1ccc2c(c1)CC(CCNC(C)C)C(c1ccccc1)N2. The summed E-state index contributed by atoms with van der Waals surface area (Å²) in [5, 5.41) is 7.41. The van der Waals surface area contributed by atoms with Crippen molar-refractivity contribution in [3.8, 4) is 0 Å². The van der Waals surface area contributed by atoms with Crippen LogP contribution in [0, 0.1) is 5.92 Å². The summed E-state index contributed by atoms with van der Waals surface area (Å²) in [5.74, 6) is 0.623. The zero-order valence-corrected chi connectivity index (χ0v) is 15.2. The zero-order valence-electron chi connectivity index (χ0n) is 15.2. The maximum Gasteiger partial charge on any atom is 0.0545 e.